The molecule has 0 aromatic carbocycles. The largest absolute Gasteiger partial charge is 1.00 e. The molecule has 80 valence electrons. The molecule has 0 aromatic rings. The second-order valence-electron chi connectivity index (χ2n) is 3.11. The smallest absolute Gasteiger partial charge is 0.748 e. The van der Waals surface area contributed by atoms with Gasteiger partial charge in [-0.15, -0.1) is 0 Å². The standard InChI is InChI=1S/C8H18O4S.K/c9-7-5-3-1-2-4-6-8-13(10,11)12;/h9H,1-8H2,(H,10,11,12);/q;+1/p-1. The Morgan fingerprint density at radius 2 is 1.36 bits per heavy atom. The summed E-state index contributed by atoms with van der Waals surface area (Å²) >= 11 is 0. The molecule has 0 spiro atoms. The van der Waals surface area contributed by atoms with Gasteiger partial charge in [-0.05, 0) is 12.8 Å². The van der Waals surface area contributed by atoms with Crippen molar-refractivity contribution in [2.24, 2.45) is 0 Å². The Balaban J connectivity index is 0. The van der Waals surface area contributed by atoms with Gasteiger partial charge in [-0.3, -0.25) is 0 Å². The molecular formula is C8H17KO4S. The minimum atomic E-state index is -4.01. The summed E-state index contributed by atoms with van der Waals surface area (Å²) in [6.07, 6.45) is 4.97. The van der Waals surface area contributed by atoms with Crippen LogP contribution in [0.25, 0.3) is 0 Å². The predicted octanol–water partition coefficient (Wildman–Crippen LogP) is -2.13. The van der Waals surface area contributed by atoms with Crippen LogP contribution in [-0.4, -0.2) is 30.4 Å². The predicted molar refractivity (Wildman–Crippen MR) is 49.4 cm³/mol. The van der Waals surface area contributed by atoms with Crippen molar-refractivity contribution in [3.8, 4) is 0 Å². The molecule has 0 saturated heterocycles. The average Bonchev–Trinajstić information content (AvgIpc) is 2.01. The summed E-state index contributed by atoms with van der Waals surface area (Å²) in [4.78, 5) is 0. The van der Waals surface area contributed by atoms with Gasteiger partial charge in [0.05, 0.1) is 10.1 Å². The van der Waals surface area contributed by atoms with Gasteiger partial charge in [-0.2, -0.15) is 0 Å². The van der Waals surface area contributed by atoms with Gasteiger partial charge in [0.25, 0.3) is 0 Å². The van der Waals surface area contributed by atoms with E-state index in [1.807, 2.05) is 0 Å². The van der Waals surface area contributed by atoms with Gasteiger partial charge in [0.15, 0.2) is 0 Å². The molecule has 0 heterocycles. The quantitative estimate of drug-likeness (QED) is 0.302. The van der Waals surface area contributed by atoms with Gasteiger partial charge in [-0.1, -0.05) is 25.7 Å². The molecule has 0 aliphatic heterocycles. The Morgan fingerprint density at radius 1 is 0.929 bits per heavy atom. The zero-order valence-electron chi connectivity index (χ0n) is 8.74. The van der Waals surface area contributed by atoms with Crippen LogP contribution < -0.4 is 51.4 Å². The van der Waals surface area contributed by atoms with Crippen molar-refractivity contribution in [2.45, 2.75) is 38.5 Å². The van der Waals surface area contributed by atoms with E-state index >= 15 is 0 Å². The maximum atomic E-state index is 10.2. The molecule has 0 radical (unpaired) electrons. The van der Waals surface area contributed by atoms with E-state index in [1.54, 1.807) is 0 Å². The first-order valence-electron chi connectivity index (χ1n) is 4.60. The van der Waals surface area contributed by atoms with Crippen molar-refractivity contribution in [2.75, 3.05) is 12.4 Å². The van der Waals surface area contributed by atoms with Crippen LogP contribution in [0.4, 0.5) is 0 Å². The maximum Gasteiger partial charge on any atom is 1.00 e. The van der Waals surface area contributed by atoms with E-state index in [1.165, 1.54) is 0 Å². The second kappa shape index (κ2) is 11.0. The van der Waals surface area contributed by atoms with E-state index in [2.05, 4.69) is 0 Å². The van der Waals surface area contributed by atoms with Gasteiger partial charge in [0.2, 0.25) is 0 Å². The van der Waals surface area contributed by atoms with Crippen molar-refractivity contribution >= 4 is 10.1 Å². The first-order chi connectivity index (χ1) is 6.06. The normalized spacial score (nSPS) is 11.0. The number of rotatable bonds is 8. The monoisotopic (exact) mass is 248 g/mol. The Bertz CT molecular complexity index is 203. The van der Waals surface area contributed by atoms with Crippen LogP contribution in [0.15, 0.2) is 0 Å². The van der Waals surface area contributed by atoms with Crippen LogP contribution in [0, 0.1) is 0 Å². The molecule has 0 amide bonds. The number of aliphatic hydroxyl groups excluding tert-OH is 1. The fraction of sp³-hybridized carbons (Fsp3) is 1.00. The second-order valence-corrected chi connectivity index (χ2v) is 4.63. The molecule has 0 atom stereocenters. The van der Waals surface area contributed by atoms with E-state index in [0.29, 0.717) is 6.42 Å². The fourth-order valence-electron chi connectivity index (χ4n) is 1.10. The summed E-state index contributed by atoms with van der Waals surface area (Å²) in [5.41, 5.74) is 0. The summed E-state index contributed by atoms with van der Waals surface area (Å²) in [5.74, 6) is -0.243. The molecule has 1 N–H and O–H groups in total. The molecule has 0 aliphatic rings. The third-order valence-corrected chi connectivity index (χ3v) is 2.59. The number of hydrogen-bond acceptors (Lipinski definition) is 4. The van der Waals surface area contributed by atoms with Crippen molar-refractivity contribution in [1.82, 2.24) is 0 Å². The Labute approximate surface area is 129 Å². The molecule has 0 rings (SSSR count). The molecular weight excluding hydrogens is 231 g/mol. The third kappa shape index (κ3) is 16.0. The summed E-state index contributed by atoms with van der Waals surface area (Å²) in [6, 6.07) is 0. The van der Waals surface area contributed by atoms with E-state index in [4.69, 9.17) is 5.11 Å². The number of aliphatic hydroxyl groups is 1. The maximum absolute atomic E-state index is 10.2. The summed E-state index contributed by atoms with van der Waals surface area (Å²) in [6.45, 7) is 0.217. The van der Waals surface area contributed by atoms with Crippen LogP contribution in [0.2, 0.25) is 0 Å². The minimum Gasteiger partial charge on any atom is -0.748 e. The van der Waals surface area contributed by atoms with Gasteiger partial charge < -0.3 is 9.66 Å². The van der Waals surface area contributed by atoms with Gasteiger partial charge in [-0.25, -0.2) is 8.42 Å². The zero-order chi connectivity index (χ0) is 10.2. The summed E-state index contributed by atoms with van der Waals surface area (Å²) < 4.78 is 30.5. The van der Waals surface area contributed by atoms with Crippen molar-refractivity contribution in [1.29, 1.82) is 0 Å². The van der Waals surface area contributed by atoms with Crippen molar-refractivity contribution in [3.63, 3.8) is 0 Å². The molecule has 4 nitrogen and oxygen atoms in total. The molecule has 6 heteroatoms. The summed E-state index contributed by atoms with van der Waals surface area (Å²) in [5, 5.41) is 8.45. The van der Waals surface area contributed by atoms with Crippen LogP contribution in [0.3, 0.4) is 0 Å². The van der Waals surface area contributed by atoms with E-state index in [0.717, 1.165) is 32.1 Å². The van der Waals surface area contributed by atoms with Crippen LogP contribution >= 0.6 is 0 Å². The molecule has 0 unspecified atom stereocenters. The number of unbranched alkanes of at least 4 members (excludes halogenated alkanes) is 5. The SMILES string of the molecule is O=S(=O)([O-])CCCCCCCCO.[K+]. The fourth-order valence-corrected chi connectivity index (χ4v) is 1.66. The molecule has 0 aromatic heterocycles. The first-order valence-corrected chi connectivity index (χ1v) is 6.18. The Hall–Kier alpha value is 1.51. The van der Waals surface area contributed by atoms with Crippen LogP contribution in [-0.2, 0) is 10.1 Å². The van der Waals surface area contributed by atoms with E-state index in [9.17, 15) is 13.0 Å². The van der Waals surface area contributed by atoms with E-state index < -0.39 is 10.1 Å². The van der Waals surface area contributed by atoms with Crippen LogP contribution in [0.5, 0.6) is 0 Å². The molecule has 0 saturated carbocycles. The van der Waals surface area contributed by atoms with Crippen molar-refractivity contribution < 1.29 is 69.5 Å². The number of hydrogen-bond donors (Lipinski definition) is 1. The summed E-state index contributed by atoms with van der Waals surface area (Å²) in [7, 11) is -4.01. The van der Waals surface area contributed by atoms with Gasteiger partial charge >= 0.3 is 51.4 Å². The van der Waals surface area contributed by atoms with E-state index in [-0.39, 0.29) is 63.7 Å². The van der Waals surface area contributed by atoms with Crippen molar-refractivity contribution in [3.05, 3.63) is 0 Å². The topological polar surface area (TPSA) is 77.4 Å². The van der Waals surface area contributed by atoms with Gasteiger partial charge in [0, 0.05) is 12.4 Å². The van der Waals surface area contributed by atoms with Crippen LogP contribution in [0.1, 0.15) is 38.5 Å². The average molecular weight is 248 g/mol. The molecule has 0 aliphatic carbocycles. The Kier molecular flexibility index (Phi) is 14.1. The zero-order valence-corrected chi connectivity index (χ0v) is 12.7. The molecule has 14 heavy (non-hydrogen) atoms. The first kappa shape index (κ1) is 17.9. The third-order valence-electron chi connectivity index (χ3n) is 1.80. The molecule has 0 fully saturated rings. The Morgan fingerprint density at radius 3 is 1.79 bits per heavy atom. The minimum absolute atomic E-state index is 0. The molecule has 0 bridgehead atoms. The van der Waals surface area contributed by atoms with Gasteiger partial charge in [0.1, 0.15) is 0 Å².